The Bertz CT molecular complexity index is 3420. The highest BCUT2D eigenvalue weighted by Crippen LogP contribution is 2.45. The van der Waals surface area contributed by atoms with E-state index in [0.717, 1.165) is 39.2 Å². The molecule has 0 bridgehead atoms. The molecule has 0 aliphatic rings. The first kappa shape index (κ1) is 29.7. The molecule has 250 valence electrons. The topological polar surface area (TPSA) is 30.7 Å². The van der Waals surface area contributed by atoms with Crippen LogP contribution in [0.4, 0.5) is 0 Å². The minimum absolute atomic E-state index is 0.728. The fourth-order valence-electron chi connectivity index (χ4n) is 8.66. The number of fused-ring (bicyclic) bond motifs is 12. The van der Waals surface area contributed by atoms with Gasteiger partial charge in [-0.25, -0.2) is 9.97 Å². The van der Waals surface area contributed by atoms with Gasteiger partial charge in [0.1, 0.15) is 0 Å². The zero-order valence-electron chi connectivity index (χ0n) is 29.0. The van der Waals surface area contributed by atoms with Crippen LogP contribution in [0.25, 0.3) is 114 Å². The van der Waals surface area contributed by atoms with E-state index < -0.39 is 0 Å². The second kappa shape index (κ2) is 11.3. The van der Waals surface area contributed by atoms with Crippen LogP contribution in [0.2, 0.25) is 0 Å². The first-order chi connectivity index (χ1) is 26.8. The van der Waals surface area contributed by atoms with Gasteiger partial charge in [0.25, 0.3) is 0 Å². The van der Waals surface area contributed by atoms with E-state index in [1.54, 1.807) is 0 Å². The molecule has 0 radical (unpaired) electrons. The van der Waals surface area contributed by atoms with Crippen LogP contribution >= 0.6 is 11.3 Å². The highest BCUT2D eigenvalue weighted by Gasteiger charge is 2.22. The molecule has 3 nitrogen and oxygen atoms in total. The maximum atomic E-state index is 5.50. The van der Waals surface area contributed by atoms with Crippen LogP contribution in [0.15, 0.2) is 176 Å². The fraction of sp³-hybridized carbons (Fsp3) is 0. The van der Waals surface area contributed by atoms with Crippen molar-refractivity contribution in [3.63, 3.8) is 0 Å². The number of aromatic nitrogens is 3. The maximum absolute atomic E-state index is 5.50. The van der Waals surface area contributed by atoms with Gasteiger partial charge in [-0.3, -0.25) is 0 Å². The third-order valence-electron chi connectivity index (χ3n) is 11.1. The van der Waals surface area contributed by atoms with Crippen LogP contribution in [0.3, 0.4) is 0 Å². The lowest BCUT2D eigenvalue weighted by Gasteiger charge is -2.15. The first-order valence-corrected chi connectivity index (χ1v) is 19.1. The van der Waals surface area contributed by atoms with E-state index >= 15 is 0 Å². The Labute approximate surface area is 314 Å². The van der Waals surface area contributed by atoms with Crippen molar-refractivity contribution < 1.29 is 0 Å². The Kier molecular flexibility index (Phi) is 6.21. The lowest BCUT2D eigenvalue weighted by Crippen LogP contribution is -1.99. The van der Waals surface area contributed by atoms with Crippen molar-refractivity contribution in [1.82, 2.24) is 14.5 Å². The summed E-state index contributed by atoms with van der Waals surface area (Å²) in [5.74, 6) is 0.728. The molecule has 0 saturated heterocycles. The molecule has 0 aliphatic carbocycles. The molecule has 4 heteroatoms. The largest absolute Gasteiger partial charge is 0.308 e. The van der Waals surface area contributed by atoms with E-state index in [1.807, 2.05) is 11.3 Å². The molecule has 3 aromatic heterocycles. The Morgan fingerprint density at radius 1 is 0.407 bits per heavy atom. The Morgan fingerprint density at radius 2 is 1.00 bits per heavy atom. The lowest BCUT2D eigenvalue weighted by molar-refractivity contribution is 1.19. The molecule has 12 aromatic rings. The summed E-state index contributed by atoms with van der Waals surface area (Å²) in [6.45, 7) is 0. The van der Waals surface area contributed by atoms with Gasteiger partial charge < -0.3 is 4.57 Å². The van der Waals surface area contributed by atoms with Crippen molar-refractivity contribution in [2.24, 2.45) is 0 Å². The van der Waals surface area contributed by atoms with E-state index in [4.69, 9.17) is 9.97 Å². The number of hydrogen-bond acceptors (Lipinski definition) is 3. The SMILES string of the molecule is c1ccc2cc(-c3nc(-c4cc(-n5c6c7ccccc7ccc6c6ccc7ccccc7c65)cc5c4sc4ccccc45)nc4ccccc34)ccc2c1. The summed E-state index contributed by atoms with van der Waals surface area (Å²) >= 11 is 1.82. The molecule has 3 heterocycles. The summed E-state index contributed by atoms with van der Waals surface area (Å²) < 4.78 is 4.95. The van der Waals surface area contributed by atoms with Gasteiger partial charge in [0, 0.05) is 63.9 Å². The third-order valence-corrected chi connectivity index (χ3v) is 12.3. The van der Waals surface area contributed by atoms with Gasteiger partial charge in [-0.1, -0.05) is 146 Å². The Balaban J connectivity index is 1.23. The normalized spacial score (nSPS) is 12.1. The number of nitrogens with zero attached hydrogens (tertiary/aromatic N) is 3. The zero-order valence-corrected chi connectivity index (χ0v) is 29.8. The summed E-state index contributed by atoms with van der Waals surface area (Å²) in [6.07, 6.45) is 0. The van der Waals surface area contributed by atoms with Crippen LogP contribution in [-0.2, 0) is 0 Å². The number of benzene rings is 9. The molecule has 0 amide bonds. The van der Waals surface area contributed by atoms with E-state index in [-0.39, 0.29) is 0 Å². The molecular weight excluding hydrogens is 675 g/mol. The van der Waals surface area contributed by atoms with Crippen LogP contribution in [0, 0.1) is 0 Å². The average Bonchev–Trinajstić information content (AvgIpc) is 3.79. The van der Waals surface area contributed by atoms with E-state index in [1.165, 1.54) is 74.3 Å². The first-order valence-electron chi connectivity index (χ1n) is 18.3. The Hall–Kier alpha value is -6.88. The summed E-state index contributed by atoms with van der Waals surface area (Å²) in [6, 6.07) is 63.7. The van der Waals surface area contributed by atoms with Gasteiger partial charge in [-0.05, 0) is 51.9 Å². The minimum Gasteiger partial charge on any atom is -0.308 e. The molecular formula is C50H29N3S. The van der Waals surface area contributed by atoms with Crippen molar-refractivity contribution >= 4 is 96.5 Å². The second-order valence-electron chi connectivity index (χ2n) is 14.1. The minimum atomic E-state index is 0.728. The second-order valence-corrected chi connectivity index (χ2v) is 15.2. The molecule has 0 saturated carbocycles. The molecule has 12 rings (SSSR count). The maximum Gasteiger partial charge on any atom is 0.161 e. The van der Waals surface area contributed by atoms with Crippen molar-refractivity contribution in [3.8, 4) is 28.3 Å². The lowest BCUT2D eigenvalue weighted by atomic mass is 10.0. The summed E-state index contributed by atoms with van der Waals surface area (Å²) in [5, 5.41) is 13.3. The zero-order chi connectivity index (χ0) is 35.3. The van der Waals surface area contributed by atoms with Gasteiger partial charge in [0.05, 0.1) is 22.2 Å². The average molecular weight is 704 g/mol. The standard InChI is InChI=1S/C50H29N3S/c1-2-14-33-27-34(22-21-30(33)11-1)46-41-18-7-9-19-44(41)51-50(52-46)43-29-35(28-42-38-17-8-10-20-45(38)54-49(42)43)53-47-36-15-5-3-12-31(36)23-25-39(47)40-26-24-32-13-4-6-16-37(32)48(40)53/h1-29H. The van der Waals surface area contributed by atoms with Crippen LogP contribution in [-0.4, -0.2) is 14.5 Å². The quantitative estimate of drug-likeness (QED) is 0.183. The smallest absolute Gasteiger partial charge is 0.161 e. The van der Waals surface area contributed by atoms with E-state index in [0.29, 0.717) is 0 Å². The number of rotatable bonds is 3. The predicted molar refractivity (Wildman–Crippen MR) is 230 cm³/mol. The highest BCUT2D eigenvalue weighted by molar-refractivity contribution is 7.26. The molecule has 0 fully saturated rings. The number of thiophene rings is 1. The van der Waals surface area contributed by atoms with Gasteiger partial charge in [-0.15, -0.1) is 11.3 Å². The summed E-state index contributed by atoms with van der Waals surface area (Å²) in [5.41, 5.74) is 7.50. The molecule has 54 heavy (non-hydrogen) atoms. The summed E-state index contributed by atoms with van der Waals surface area (Å²) in [7, 11) is 0. The van der Waals surface area contributed by atoms with Gasteiger partial charge in [0.15, 0.2) is 5.82 Å². The van der Waals surface area contributed by atoms with Crippen molar-refractivity contribution in [3.05, 3.63) is 176 Å². The van der Waals surface area contributed by atoms with Gasteiger partial charge in [0.2, 0.25) is 0 Å². The fourth-order valence-corrected chi connectivity index (χ4v) is 9.85. The molecule has 0 spiro atoms. The van der Waals surface area contributed by atoms with Crippen molar-refractivity contribution in [1.29, 1.82) is 0 Å². The molecule has 0 aliphatic heterocycles. The van der Waals surface area contributed by atoms with Gasteiger partial charge in [-0.2, -0.15) is 0 Å². The monoisotopic (exact) mass is 703 g/mol. The van der Waals surface area contributed by atoms with Gasteiger partial charge >= 0.3 is 0 Å². The molecule has 0 atom stereocenters. The molecule has 0 unspecified atom stereocenters. The van der Waals surface area contributed by atoms with E-state index in [9.17, 15) is 0 Å². The van der Waals surface area contributed by atoms with E-state index in [2.05, 4.69) is 180 Å². The summed E-state index contributed by atoms with van der Waals surface area (Å²) in [4.78, 5) is 10.8. The third kappa shape index (κ3) is 4.29. The predicted octanol–water partition coefficient (Wildman–Crippen LogP) is 13.9. The van der Waals surface area contributed by atoms with Crippen LogP contribution < -0.4 is 0 Å². The Morgan fingerprint density at radius 3 is 1.74 bits per heavy atom. The number of para-hydroxylation sites is 1. The van der Waals surface area contributed by atoms with Crippen molar-refractivity contribution in [2.45, 2.75) is 0 Å². The van der Waals surface area contributed by atoms with Crippen LogP contribution in [0.1, 0.15) is 0 Å². The van der Waals surface area contributed by atoms with Crippen molar-refractivity contribution in [2.75, 3.05) is 0 Å². The highest BCUT2D eigenvalue weighted by atomic mass is 32.1. The number of hydrogen-bond donors (Lipinski definition) is 0. The van der Waals surface area contributed by atoms with Crippen LogP contribution in [0.5, 0.6) is 0 Å². The molecule has 0 N–H and O–H groups in total. The molecule has 9 aromatic carbocycles.